The van der Waals surface area contributed by atoms with Crippen molar-refractivity contribution < 1.29 is 19.1 Å². The van der Waals surface area contributed by atoms with Crippen LogP contribution in [0.5, 0.6) is 0 Å². The van der Waals surface area contributed by atoms with Gasteiger partial charge in [-0.3, -0.25) is 4.79 Å². The maximum atomic E-state index is 12.1. The summed E-state index contributed by atoms with van der Waals surface area (Å²) in [5.41, 5.74) is 3.28. The van der Waals surface area contributed by atoms with Crippen LogP contribution in [0.3, 0.4) is 0 Å². The second-order valence-corrected chi connectivity index (χ2v) is 6.96. The Morgan fingerprint density at radius 3 is 2.28 bits per heavy atom. The minimum atomic E-state index is -0.576. The number of esters is 1. The minimum absolute atomic E-state index is 0.0565. The summed E-state index contributed by atoms with van der Waals surface area (Å²) in [5.74, 6) is -0.938. The lowest BCUT2D eigenvalue weighted by molar-refractivity contribution is -0.124. The van der Waals surface area contributed by atoms with Crippen LogP contribution < -0.4 is 16.0 Å². The molecule has 0 aliphatic rings. The molecule has 3 N–H and O–H groups in total. The van der Waals surface area contributed by atoms with Crippen LogP contribution in [0.15, 0.2) is 48.5 Å². The van der Waals surface area contributed by atoms with Gasteiger partial charge in [0.2, 0.25) is 0 Å². The summed E-state index contributed by atoms with van der Waals surface area (Å²) < 4.78 is 5.06. The van der Waals surface area contributed by atoms with Crippen LogP contribution in [0.25, 0.3) is 0 Å². The molecule has 7 heteroatoms. The Hall–Kier alpha value is -3.35. The summed E-state index contributed by atoms with van der Waals surface area (Å²) in [7, 11) is 0. The molecule has 0 heterocycles. The van der Waals surface area contributed by atoms with Gasteiger partial charge in [0.25, 0.3) is 5.91 Å². The van der Waals surface area contributed by atoms with E-state index in [9.17, 15) is 14.4 Å². The van der Waals surface area contributed by atoms with E-state index in [1.165, 1.54) is 0 Å². The second-order valence-electron chi connectivity index (χ2n) is 6.96. The number of aryl methyl sites for hydroxylation is 1. The first kappa shape index (κ1) is 21.9. The fourth-order valence-corrected chi connectivity index (χ4v) is 2.52. The van der Waals surface area contributed by atoms with Crippen molar-refractivity contribution in [2.75, 3.05) is 6.61 Å². The Balaban J connectivity index is 1.75. The van der Waals surface area contributed by atoms with Gasteiger partial charge in [-0.1, -0.05) is 36.4 Å². The maximum Gasteiger partial charge on any atom is 0.338 e. The topological polar surface area (TPSA) is 96.5 Å². The van der Waals surface area contributed by atoms with Crippen molar-refractivity contribution in [3.05, 3.63) is 70.8 Å². The first-order chi connectivity index (χ1) is 13.8. The molecule has 2 rings (SSSR count). The molecule has 0 bridgehead atoms. The van der Waals surface area contributed by atoms with Crippen LogP contribution in [-0.2, 0) is 22.6 Å². The van der Waals surface area contributed by atoms with Gasteiger partial charge >= 0.3 is 12.0 Å². The molecule has 2 aromatic carbocycles. The summed E-state index contributed by atoms with van der Waals surface area (Å²) in [6, 6.07) is 14.2. The fourth-order valence-electron chi connectivity index (χ4n) is 2.52. The average Bonchev–Trinajstić information content (AvgIpc) is 2.69. The highest BCUT2D eigenvalue weighted by Gasteiger charge is 2.11. The minimum Gasteiger partial charge on any atom is -0.452 e. The van der Waals surface area contributed by atoms with E-state index >= 15 is 0 Å². The highest BCUT2D eigenvalue weighted by atomic mass is 16.5. The van der Waals surface area contributed by atoms with Crippen molar-refractivity contribution in [1.82, 2.24) is 16.0 Å². The maximum absolute atomic E-state index is 12.1. The molecule has 0 unspecified atom stereocenters. The van der Waals surface area contributed by atoms with Crippen LogP contribution in [0.1, 0.15) is 40.9 Å². The lowest BCUT2D eigenvalue weighted by Crippen LogP contribution is -2.39. The lowest BCUT2D eigenvalue weighted by atomic mass is 10.1. The van der Waals surface area contributed by atoms with Crippen LogP contribution in [-0.4, -0.2) is 30.6 Å². The number of hydrogen-bond acceptors (Lipinski definition) is 4. The molecule has 0 aliphatic carbocycles. The number of amides is 3. The largest absolute Gasteiger partial charge is 0.452 e. The van der Waals surface area contributed by atoms with Crippen molar-refractivity contribution in [3.63, 3.8) is 0 Å². The standard InChI is InChI=1S/C22H27N3O4/c1-15(2)25-22(28)24-12-17-8-10-18(11-9-17)21(27)29-14-20(26)23-13-19-7-5-4-6-16(19)3/h4-11,15H,12-14H2,1-3H3,(H,23,26)(H2,24,25,28). The SMILES string of the molecule is Cc1ccccc1CNC(=O)COC(=O)c1ccc(CNC(=O)NC(C)C)cc1. The third-order valence-corrected chi connectivity index (χ3v) is 4.13. The van der Waals surface area contributed by atoms with Gasteiger partial charge in [0.1, 0.15) is 0 Å². The Morgan fingerprint density at radius 1 is 0.931 bits per heavy atom. The van der Waals surface area contributed by atoms with Gasteiger partial charge in [0.05, 0.1) is 5.56 Å². The smallest absolute Gasteiger partial charge is 0.338 e. The van der Waals surface area contributed by atoms with E-state index in [2.05, 4.69) is 16.0 Å². The van der Waals surface area contributed by atoms with E-state index in [0.29, 0.717) is 18.7 Å². The van der Waals surface area contributed by atoms with Crippen LogP contribution >= 0.6 is 0 Å². The van der Waals surface area contributed by atoms with Gasteiger partial charge in [-0.15, -0.1) is 0 Å². The molecule has 2 aromatic rings. The molecule has 0 saturated carbocycles. The number of rotatable bonds is 8. The normalized spacial score (nSPS) is 10.3. The second kappa shape index (κ2) is 10.8. The highest BCUT2D eigenvalue weighted by Crippen LogP contribution is 2.07. The predicted octanol–water partition coefficient (Wildman–Crippen LogP) is 2.68. The highest BCUT2D eigenvalue weighted by molar-refractivity contribution is 5.91. The average molecular weight is 397 g/mol. The zero-order chi connectivity index (χ0) is 21.2. The number of benzene rings is 2. The molecular formula is C22H27N3O4. The van der Waals surface area contributed by atoms with Crippen molar-refractivity contribution in [1.29, 1.82) is 0 Å². The van der Waals surface area contributed by atoms with Gasteiger partial charge < -0.3 is 20.7 Å². The van der Waals surface area contributed by atoms with Crippen molar-refractivity contribution >= 4 is 17.9 Å². The first-order valence-electron chi connectivity index (χ1n) is 9.47. The van der Waals surface area contributed by atoms with Crippen LogP contribution in [0.4, 0.5) is 4.79 Å². The Morgan fingerprint density at radius 2 is 1.62 bits per heavy atom. The molecule has 29 heavy (non-hydrogen) atoms. The summed E-state index contributed by atoms with van der Waals surface area (Å²) in [6.07, 6.45) is 0. The molecule has 0 saturated heterocycles. The fraction of sp³-hybridized carbons (Fsp3) is 0.318. The van der Waals surface area contributed by atoms with E-state index in [1.807, 2.05) is 45.0 Å². The molecule has 3 amide bonds. The lowest BCUT2D eigenvalue weighted by Gasteiger charge is -2.10. The summed E-state index contributed by atoms with van der Waals surface area (Å²) in [6.45, 7) is 6.11. The number of hydrogen-bond donors (Lipinski definition) is 3. The van der Waals surface area contributed by atoms with Gasteiger partial charge in [-0.25, -0.2) is 9.59 Å². The number of ether oxygens (including phenoxy) is 1. The third-order valence-electron chi connectivity index (χ3n) is 4.13. The van der Waals surface area contributed by atoms with E-state index in [-0.39, 0.29) is 24.6 Å². The molecule has 7 nitrogen and oxygen atoms in total. The quantitative estimate of drug-likeness (QED) is 0.597. The molecule has 0 fully saturated rings. The monoisotopic (exact) mass is 397 g/mol. The Bertz CT molecular complexity index is 847. The third kappa shape index (κ3) is 7.65. The molecular weight excluding hydrogens is 370 g/mol. The zero-order valence-electron chi connectivity index (χ0n) is 17.0. The van der Waals surface area contributed by atoms with Crippen LogP contribution in [0.2, 0.25) is 0 Å². The first-order valence-corrected chi connectivity index (χ1v) is 9.47. The number of carbonyl (C=O) groups excluding carboxylic acids is 3. The summed E-state index contributed by atoms with van der Waals surface area (Å²) in [4.78, 5) is 35.6. The van der Waals surface area contributed by atoms with Gasteiger partial charge in [0.15, 0.2) is 6.61 Å². The molecule has 0 spiro atoms. The predicted molar refractivity (Wildman–Crippen MR) is 110 cm³/mol. The molecule has 0 aliphatic heterocycles. The summed E-state index contributed by atoms with van der Waals surface area (Å²) >= 11 is 0. The number of urea groups is 1. The molecule has 154 valence electrons. The molecule has 0 radical (unpaired) electrons. The Labute approximate surface area is 170 Å². The van der Waals surface area contributed by atoms with Gasteiger partial charge in [-0.2, -0.15) is 0 Å². The van der Waals surface area contributed by atoms with E-state index in [1.54, 1.807) is 24.3 Å². The van der Waals surface area contributed by atoms with E-state index < -0.39 is 5.97 Å². The molecule has 0 atom stereocenters. The number of carbonyl (C=O) groups is 3. The summed E-state index contributed by atoms with van der Waals surface area (Å²) in [5, 5.41) is 8.20. The molecule has 0 aromatic heterocycles. The van der Waals surface area contributed by atoms with Crippen molar-refractivity contribution in [2.45, 2.75) is 39.9 Å². The number of nitrogens with one attached hydrogen (secondary N) is 3. The van der Waals surface area contributed by atoms with Crippen molar-refractivity contribution in [3.8, 4) is 0 Å². The Kier molecular flexibility index (Phi) is 8.21. The van der Waals surface area contributed by atoms with Crippen molar-refractivity contribution in [2.24, 2.45) is 0 Å². The van der Waals surface area contributed by atoms with Gasteiger partial charge in [-0.05, 0) is 49.6 Å². The van der Waals surface area contributed by atoms with E-state index in [4.69, 9.17) is 4.74 Å². The van der Waals surface area contributed by atoms with E-state index in [0.717, 1.165) is 16.7 Å². The van der Waals surface area contributed by atoms with Gasteiger partial charge in [0, 0.05) is 19.1 Å². The van der Waals surface area contributed by atoms with Crippen LogP contribution in [0, 0.1) is 6.92 Å². The zero-order valence-corrected chi connectivity index (χ0v) is 17.0.